The van der Waals surface area contributed by atoms with E-state index >= 15 is 0 Å². The highest BCUT2D eigenvalue weighted by atomic mass is 16.3. The van der Waals surface area contributed by atoms with Crippen molar-refractivity contribution in [2.75, 3.05) is 13.2 Å². The molecule has 14 heavy (non-hydrogen) atoms. The monoisotopic (exact) mass is 196 g/mol. The number of hydrogen-bond acceptors (Lipinski definition) is 3. The highest BCUT2D eigenvalue weighted by Gasteiger charge is 2.33. The van der Waals surface area contributed by atoms with Gasteiger partial charge in [-0.2, -0.15) is 5.26 Å². The number of rotatable bonds is 5. The SMILES string of the molecule is CCC(C#N)NCC1(CO)CCCC1. The van der Waals surface area contributed by atoms with Crippen LogP contribution in [0.4, 0.5) is 0 Å². The Morgan fingerprint density at radius 3 is 2.57 bits per heavy atom. The van der Waals surface area contributed by atoms with Gasteiger partial charge in [-0.25, -0.2) is 0 Å². The lowest BCUT2D eigenvalue weighted by Crippen LogP contribution is -2.39. The summed E-state index contributed by atoms with van der Waals surface area (Å²) in [4.78, 5) is 0. The van der Waals surface area contributed by atoms with Crippen molar-refractivity contribution in [3.63, 3.8) is 0 Å². The van der Waals surface area contributed by atoms with Gasteiger partial charge in [-0.1, -0.05) is 19.8 Å². The van der Waals surface area contributed by atoms with Crippen molar-refractivity contribution in [1.29, 1.82) is 5.26 Å². The first-order valence-electron chi connectivity index (χ1n) is 5.50. The second kappa shape index (κ2) is 5.33. The van der Waals surface area contributed by atoms with Crippen LogP contribution in [0.25, 0.3) is 0 Å². The molecule has 0 bridgehead atoms. The van der Waals surface area contributed by atoms with Crippen LogP contribution in [0.3, 0.4) is 0 Å². The molecule has 1 unspecified atom stereocenters. The molecule has 80 valence electrons. The van der Waals surface area contributed by atoms with Gasteiger partial charge in [0.1, 0.15) is 0 Å². The number of aliphatic hydroxyl groups is 1. The second-order valence-corrected chi connectivity index (χ2v) is 4.34. The zero-order chi connectivity index (χ0) is 10.4. The van der Waals surface area contributed by atoms with Crippen LogP contribution in [0.5, 0.6) is 0 Å². The van der Waals surface area contributed by atoms with E-state index in [0.29, 0.717) is 0 Å². The van der Waals surface area contributed by atoms with Crippen LogP contribution in [0, 0.1) is 16.7 Å². The molecule has 1 fully saturated rings. The van der Waals surface area contributed by atoms with Crippen LogP contribution in [-0.2, 0) is 0 Å². The van der Waals surface area contributed by atoms with Crippen LogP contribution < -0.4 is 5.32 Å². The summed E-state index contributed by atoms with van der Waals surface area (Å²) in [5.41, 5.74) is 0.0598. The molecule has 0 aliphatic heterocycles. The van der Waals surface area contributed by atoms with E-state index in [4.69, 9.17) is 5.26 Å². The van der Waals surface area contributed by atoms with Gasteiger partial charge in [-0.15, -0.1) is 0 Å². The van der Waals surface area contributed by atoms with Gasteiger partial charge >= 0.3 is 0 Å². The fraction of sp³-hybridized carbons (Fsp3) is 0.909. The lowest BCUT2D eigenvalue weighted by atomic mass is 9.87. The van der Waals surface area contributed by atoms with Crippen LogP contribution >= 0.6 is 0 Å². The Hall–Kier alpha value is -0.590. The molecule has 1 aliphatic rings. The maximum absolute atomic E-state index is 9.35. The summed E-state index contributed by atoms with van der Waals surface area (Å²) < 4.78 is 0. The quantitative estimate of drug-likeness (QED) is 0.699. The Kier molecular flexibility index (Phi) is 4.37. The maximum atomic E-state index is 9.35. The topological polar surface area (TPSA) is 56.0 Å². The molecule has 0 spiro atoms. The van der Waals surface area contributed by atoms with Gasteiger partial charge in [0.05, 0.1) is 12.1 Å². The minimum absolute atomic E-state index is 0.0565. The number of aliphatic hydroxyl groups excluding tert-OH is 1. The molecule has 0 aromatic carbocycles. The van der Waals surface area contributed by atoms with Crippen molar-refractivity contribution in [3.05, 3.63) is 0 Å². The standard InChI is InChI=1S/C11H20N2O/c1-2-10(7-12)13-8-11(9-14)5-3-4-6-11/h10,13-14H,2-6,8-9H2,1H3. The van der Waals surface area contributed by atoms with Gasteiger partial charge in [0.15, 0.2) is 0 Å². The third-order valence-electron chi connectivity index (χ3n) is 3.29. The molecule has 1 saturated carbocycles. The normalized spacial score (nSPS) is 21.8. The lowest BCUT2D eigenvalue weighted by Gasteiger charge is -2.27. The third-order valence-corrected chi connectivity index (χ3v) is 3.29. The molecular formula is C11H20N2O. The summed E-state index contributed by atoms with van der Waals surface area (Å²) in [5.74, 6) is 0. The fourth-order valence-electron chi connectivity index (χ4n) is 2.14. The molecule has 0 radical (unpaired) electrons. The van der Waals surface area contributed by atoms with Crippen LogP contribution in [0.15, 0.2) is 0 Å². The average molecular weight is 196 g/mol. The van der Waals surface area contributed by atoms with E-state index in [1.54, 1.807) is 0 Å². The molecule has 3 nitrogen and oxygen atoms in total. The van der Waals surface area contributed by atoms with E-state index in [9.17, 15) is 5.11 Å². The Bertz CT molecular complexity index is 204. The highest BCUT2D eigenvalue weighted by Crippen LogP contribution is 2.36. The Labute approximate surface area is 86.1 Å². The van der Waals surface area contributed by atoms with Crippen molar-refractivity contribution in [2.45, 2.75) is 45.1 Å². The van der Waals surface area contributed by atoms with E-state index in [1.807, 2.05) is 6.92 Å². The van der Waals surface area contributed by atoms with E-state index in [-0.39, 0.29) is 18.1 Å². The number of nitrogens with zero attached hydrogens (tertiary/aromatic N) is 1. The molecule has 0 saturated heterocycles. The molecule has 3 heteroatoms. The smallest absolute Gasteiger partial charge is 0.0950 e. The van der Waals surface area contributed by atoms with Gasteiger partial charge in [0, 0.05) is 18.6 Å². The van der Waals surface area contributed by atoms with Crippen molar-refractivity contribution < 1.29 is 5.11 Å². The first-order chi connectivity index (χ1) is 6.76. The molecule has 2 N–H and O–H groups in total. The Morgan fingerprint density at radius 1 is 1.50 bits per heavy atom. The number of nitriles is 1. The summed E-state index contributed by atoms with van der Waals surface area (Å²) in [6.45, 7) is 3.04. The van der Waals surface area contributed by atoms with Gasteiger partial charge in [-0.05, 0) is 19.3 Å². The summed E-state index contributed by atoms with van der Waals surface area (Å²) in [6, 6.07) is 2.17. The molecule has 1 rings (SSSR count). The van der Waals surface area contributed by atoms with E-state index in [0.717, 1.165) is 25.8 Å². The van der Waals surface area contributed by atoms with Crippen molar-refractivity contribution in [1.82, 2.24) is 5.32 Å². The predicted molar refractivity (Wildman–Crippen MR) is 55.7 cm³/mol. The first kappa shape index (κ1) is 11.5. The maximum Gasteiger partial charge on any atom is 0.0950 e. The largest absolute Gasteiger partial charge is 0.396 e. The summed E-state index contributed by atoms with van der Waals surface area (Å²) in [5, 5.41) is 21.4. The van der Waals surface area contributed by atoms with Crippen LogP contribution in [0.2, 0.25) is 0 Å². The van der Waals surface area contributed by atoms with Gasteiger partial charge in [0.2, 0.25) is 0 Å². The summed E-state index contributed by atoms with van der Waals surface area (Å²) in [6.07, 6.45) is 5.45. The van der Waals surface area contributed by atoms with Crippen molar-refractivity contribution >= 4 is 0 Å². The molecule has 0 amide bonds. The first-order valence-corrected chi connectivity index (χ1v) is 5.50. The predicted octanol–water partition coefficient (Wildman–Crippen LogP) is 1.43. The number of hydrogen-bond donors (Lipinski definition) is 2. The Balaban J connectivity index is 2.38. The van der Waals surface area contributed by atoms with Crippen LogP contribution in [-0.4, -0.2) is 24.3 Å². The summed E-state index contributed by atoms with van der Waals surface area (Å²) >= 11 is 0. The number of nitrogens with one attached hydrogen (secondary N) is 1. The third kappa shape index (κ3) is 2.70. The zero-order valence-electron chi connectivity index (χ0n) is 8.92. The molecule has 0 aromatic rings. The molecule has 0 aromatic heterocycles. The molecular weight excluding hydrogens is 176 g/mol. The van der Waals surface area contributed by atoms with Gasteiger partial charge in [0.25, 0.3) is 0 Å². The Morgan fingerprint density at radius 2 is 2.14 bits per heavy atom. The summed E-state index contributed by atoms with van der Waals surface area (Å²) in [7, 11) is 0. The molecule has 1 atom stereocenters. The van der Waals surface area contributed by atoms with E-state index in [1.165, 1.54) is 12.8 Å². The van der Waals surface area contributed by atoms with Crippen LogP contribution in [0.1, 0.15) is 39.0 Å². The van der Waals surface area contributed by atoms with Gasteiger partial charge in [-0.3, -0.25) is 0 Å². The fourth-order valence-corrected chi connectivity index (χ4v) is 2.14. The zero-order valence-corrected chi connectivity index (χ0v) is 8.92. The minimum Gasteiger partial charge on any atom is -0.396 e. The molecule has 1 aliphatic carbocycles. The average Bonchev–Trinajstić information content (AvgIpc) is 2.69. The van der Waals surface area contributed by atoms with E-state index < -0.39 is 0 Å². The van der Waals surface area contributed by atoms with E-state index in [2.05, 4.69) is 11.4 Å². The van der Waals surface area contributed by atoms with Gasteiger partial charge < -0.3 is 10.4 Å². The lowest BCUT2D eigenvalue weighted by molar-refractivity contribution is 0.126. The van der Waals surface area contributed by atoms with Crippen molar-refractivity contribution in [3.8, 4) is 6.07 Å². The minimum atomic E-state index is -0.0565. The highest BCUT2D eigenvalue weighted by molar-refractivity contribution is 4.93. The molecule has 0 heterocycles. The second-order valence-electron chi connectivity index (χ2n) is 4.34. The van der Waals surface area contributed by atoms with Crippen molar-refractivity contribution in [2.24, 2.45) is 5.41 Å².